The molecule has 0 aliphatic heterocycles. The number of hydrogen-bond acceptors (Lipinski definition) is 4. The molecule has 0 aromatic heterocycles. The van der Waals surface area contributed by atoms with Gasteiger partial charge in [-0.1, -0.05) is 6.08 Å². The van der Waals surface area contributed by atoms with Gasteiger partial charge in [0.2, 0.25) is 0 Å². The second-order valence-electron chi connectivity index (χ2n) is 5.14. The molecule has 1 saturated carbocycles. The van der Waals surface area contributed by atoms with Crippen molar-refractivity contribution in [1.29, 1.82) is 0 Å². The second-order valence-corrected chi connectivity index (χ2v) is 5.14. The Morgan fingerprint density at radius 3 is 2.41 bits per heavy atom. The van der Waals surface area contributed by atoms with Crippen LogP contribution in [0.2, 0.25) is 0 Å². The van der Waals surface area contributed by atoms with E-state index < -0.39 is 23.2 Å². The van der Waals surface area contributed by atoms with E-state index >= 15 is 0 Å². The lowest BCUT2D eigenvalue weighted by molar-refractivity contribution is -0.144. The zero-order valence-electron chi connectivity index (χ0n) is 10.7. The molecule has 1 aliphatic rings. The molecule has 0 saturated heterocycles. The van der Waals surface area contributed by atoms with Crippen LogP contribution in [0.15, 0.2) is 12.7 Å². The molecule has 1 amide bonds. The average Bonchev–Trinajstić information content (AvgIpc) is 2.88. The van der Waals surface area contributed by atoms with Crippen LogP contribution in [0.3, 0.4) is 0 Å². The van der Waals surface area contributed by atoms with Gasteiger partial charge in [-0.05, 0) is 27.2 Å². The summed E-state index contributed by atoms with van der Waals surface area (Å²) in [5, 5.41) is 2.57. The standard InChI is InChI=1S/C12H19NO4/c1-6-8-7-12(8,9(14)16-5)13-10(15)17-11(2,3)4/h6,8H,1,7H2,2-5H3,(H,13,15)/t8-,12-/m0/s1. The normalized spacial score (nSPS) is 26.9. The third kappa shape index (κ3) is 2.99. The Labute approximate surface area is 101 Å². The first-order valence-corrected chi connectivity index (χ1v) is 5.47. The van der Waals surface area contributed by atoms with E-state index in [2.05, 4.69) is 16.6 Å². The summed E-state index contributed by atoms with van der Waals surface area (Å²) in [4.78, 5) is 23.2. The summed E-state index contributed by atoms with van der Waals surface area (Å²) < 4.78 is 9.79. The Bertz CT molecular complexity index is 345. The van der Waals surface area contributed by atoms with E-state index in [1.54, 1.807) is 26.8 Å². The highest BCUT2D eigenvalue weighted by atomic mass is 16.6. The van der Waals surface area contributed by atoms with Crippen LogP contribution in [0.4, 0.5) is 4.79 Å². The molecule has 1 rings (SSSR count). The molecule has 96 valence electrons. The molecule has 1 aliphatic carbocycles. The summed E-state index contributed by atoms with van der Waals surface area (Å²) in [6, 6.07) is 0. The van der Waals surface area contributed by atoms with Gasteiger partial charge < -0.3 is 14.8 Å². The van der Waals surface area contributed by atoms with E-state index in [1.807, 2.05) is 0 Å². The third-order valence-corrected chi connectivity index (χ3v) is 2.57. The number of amides is 1. The number of rotatable bonds is 3. The fourth-order valence-electron chi connectivity index (χ4n) is 1.67. The number of methoxy groups -OCH3 is 1. The smallest absolute Gasteiger partial charge is 0.408 e. The maximum atomic E-state index is 11.6. The minimum Gasteiger partial charge on any atom is -0.467 e. The van der Waals surface area contributed by atoms with Gasteiger partial charge in [0, 0.05) is 5.92 Å². The minimum absolute atomic E-state index is 0.0949. The number of carbonyl (C=O) groups is 2. The maximum Gasteiger partial charge on any atom is 0.408 e. The van der Waals surface area contributed by atoms with Crippen LogP contribution in [-0.2, 0) is 14.3 Å². The van der Waals surface area contributed by atoms with Crippen molar-refractivity contribution in [1.82, 2.24) is 5.32 Å². The van der Waals surface area contributed by atoms with Crippen LogP contribution in [0.25, 0.3) is 0 Å². The van der Waals surface area contributed by atoms with Gasteiger partial charge in [0.1, 0.15) is 11.1 Å². The predicted molar refractivity (Wildman–Crippen MR) is 62.4 cm³/mol. The van der Waals surface area contributed by atoms with Gasteiger partial charge in [0.05, 0.1) is 7.11 Å². The molecule has 0 radical (unpaired) electrons. The van der Waals surface area contributed by atoms with Gasteiger partial charge in [-0.25, -0.2) is 9.59 Å². The number of ether oxygens (including phenoxy) is 2. The van der Waals surface area contributed by atoms with Gasteiger partial charge in [0.25, 0.3) is 0 Å². The molecular formula is C12H19NO4. The van der Waals surface area contributed by atoms with E-state index in [0.29, 0.717) is 6.42 Å². The minimum atomic E-state index is -0.987. The molecule has 0 aromatic carbocycles. The summed E-state index contributed by atoms with van der Waals surface area (Å²) in [5.74, 6) is -0.560. The van der Waals surface area contributed by atoms with Crippen LogP contribution in [0.5, 0.6) is 0 Å². The van der Waals surface area contributed by atoms with E-state index in [9.17, 15) is 9.59 Å². The van der Waals surface area contributed by atoms with E-state index in [1.165, 1.54) is 7.11 Å². The van der Waals surface area contributed by atoms with Gasteiger partial charge in [-0.2, -0.15) is 0 Å². The van der Waals surface area contributed by atoms with E-state index in [4.69, 9.17) is 4.74 Å². The lowest BCUT2D eigenvalue weighted by atomic mass is 10.2. The van der Waals surface area contributed by atoms with Crippen LogP contribution in [-0.4, -0.2) is 30.3 Å². The van der Waals surface area contributed by atoms with Crippen molar-refractivity contribution in [2.45, 2.75) is 38.3 Å². The van der Waals surface area contributed by atoms with E-state index in [-0.39, 0.29) is 5.92 Å². The lowest BCUT2D eigenvalue weighted by Gasteiger charge is -2.22. The summed E-state index contributed by atoms with van der Waals surface area (Å²) >= 11 is 0. The largest absolute Gasteiger partial charge is 0.467 e. The Hall–Kier alpha value is -1.52. The molecule has 0 spiro atoms. The molecule has 5 heteroatoms. The number of nitrogens with one attached hydrogen (secondary N) is 1. The fraction of sp³-hybridized carbons (Fsp3) is 0.667. The first-order chi connectivity index (χ1) is 7.75. The highest BCUT2D eigenvalue weighted by molar-refractivity contribution is 5.90. The number of carbonyl (C=O) groups excluding carboxylic acids is 2. The molecule has 2 atom stereocenters. The molecule has 1 N–H and O–H groups in total. The topological polar surface area (TPSA) is 64.6 Å². The predicted octanol–water partition coefficient (Wildman–Crippen LogP) is 1.63. The first kappa shape index (κ1) is 13.5. The van der Waals surface area contributed by atoms with E-state index in [0.717, 1.165) is 0 Å². The van der Waals surface area contributed by atoms with Crippen molar-refractivity contribution >= 4 is 12.1 Å². The van der Waals surface area contributed by atoms with Crippen LogP contribution in [0.1, 0.15) is 27.2 Å². The van der Waals surface area contributed by atoms with Crippen molar-refractivity contribution < 1.29 is 19.1 Å². The van der Waals surface area contributed by atoms with Crippen molar-refractivity contribution in [2.24, 2.45) is 5.92 Å². The van der Waals surface area contributed by atoms with Crippen molar-refractivity contribution in [3.63, 3.8) is 0 Å². The van der Waals surface area contributed by atoms with Gasteiger partial charge in [-0.15, -0.1) is 6.58 Å². The Kier molecular flexibility index (Phi) is 3.50. The lowest BCUT2D eigenvalue weighted by Crippen LogP contribution is -2.47. The quantitative estimate of drug-likeness (QED) is 0.602. The summed E-state index contributed by atoms with van der Waals surface area (Å²) in [7, 11) is 1.29. The molecule has 17 heavy (non-hydrogen) atoms. The second kappa shape index (κ2) is 4.39. The van der Waals surface area contributed by atoms with Gasteiger partial charge in [0.15, 0.2) is 0 Å². The van der Waals surface area contributed by atoms with Crippen molar-refractivity contribution in [2.75, 3.05) is 7.11 Å². The Morgan fingerprint density at radius 2 is 2.06 bits per heavy atom. The van der Waals surface area contributed by atoms with Crippen molar-refractivity contribution in [3.05, 3.63) is 12.7 Å². The highest BCUT2D eigenvalue weighted by Gasteiger charge is 2.61. The van der Waals surface area contributed by atoms with Gasteiger partial charge in [-0.3, -0.25) is 0 Å². The van der Waals surface area contributed by atoms with Crippen LogP contribution in [0, 0.1) is 5.92 Å². The molecule has 0 aromatic rings. The Morgan fingerprint density at radius 1 is 1.47 bits per heavy atom. The molecule has 5 nitrogen and oxygen atoms in total. The SMILES string of the molecule is C=C[C@H]1C[C@@]1(NC(=O)OC(C)(C)C)C(=O)OC. The average molecular weight is 241 g/mol. The van der Waals surface area contributed by atoms with Crippen LogP contribution >= 0.6 is 0 Å². The first-order valence-electron chi connectivity index (χ1n) is 5.47. The number of alkyl carbamates (subject to hydrolysis) is 1. The zero-order chi connectivity index (χ0) is 13.3. The van der Waals surface area contributed by atoms with Crippen molar-refractivity contribution in [3.8, 4) is 0 Å². The number of hydrogen-bond donors (Lipinski definition) is 1. The summed E-state index contributed by atoms with van der Waals surface area (Å²) in [5.41, 5.74) is -1.58. The number of esters is 1. The van der Waals surface area contributed by atoms with Crippen LogP contribution < -0.4 is 5.32 Å². The molecule has 0 bridgehead atoms. The monoisotopic (exact) mass is 241 g/mol. The molecule has 0 heterocycles. The summed E-state index contributed by atoms with van der Waals surface area (Å²) in [6.07, 6.45) is 1.52. The maximum absolute atomic E-state index is 11.6. The molecule has 0 unspecified atom stereocenters. The zero-order valence-corrected chi connectivity index (χ0v) is 10.7. The summed E-state index contributed by atoms with van der Waals surface area (Å²) in [6.45, 7) is 8.89. The highest BCUT2D eigenvalue weighted by Crippen LogP contribution is 2.45. The third-order valence-electron chi connectivity index (χ3n) is 2.57. The van der Waals surface area contributed by atoms with Gasteiger partial charge >= 0.3 is 12.1 Å². The molecule has 1 fully saturated rings. The fourth-order valence-corrected chi connectivity index (χ4v) is 1.67. The Balaban J connectivity index is 2.68. The molecular weight excluding hydrogens is 222 g/mol.